The van der Waals surface area contributed by atoms with Crippen molar-refractivity contribution in [1.29, 1.82) is 0 Å². The van der Waals surface area contributed by atoms with Gasteiger partial charge >= 0.3 is 0 Å². The molecule has 1 aromatic rings. The predicted molar refractivity (Wildman–Crippen MR) is 63.9 cm³/mol. The van der Waals surface area contributed by atoms with Gasteiger partial charge in [-0.1, -0.05) is 22.0 Å². The third-order valence-electron chi connectivity index (χ3n) is 2.15. The minimum atomic E-state index is 0.156. The van der Waals surface area contributed by atoms with E-state index >= 15 is 0 Å². The summed E-state index contributed by atoms with van der Waals surface area (Å²) in [7, 11) is 0. The van der Waals surface area contributed by atoms with Gasteiger partial charge in [0.05, 0.1) is 6.61 Å². The molecule has 0 bridgehead atoms. The number of aliphatic hydroxyl groups is 1. The molecule has 3 N–H and O–H groups in total. The van der Waals surface area contributed by atoms with Gasteiger partial charge in [0.1, 0.15) is 5.75 Å². The normalized spacial score (nSPS) is 12.5. The molecule has 1 atom stereocenters. The monoisotopic (exact) mass is 273 g/mol. The number of aliphatic hydroxyl groups excluding tert-OH is 1. The lowest BCUT2D eigenvalue weighted by molar-refractivity contribution is 0.201. The van der Waals surface area contributed by atoms with Crippen LogP contribution in [-0.4, -0.2) is 24.9 Å². The SMILES string of the molecule is NCC(CCO)COc1cccc(Br)c1. The first kappa shape index (κ1) is 12.5. The molecule has 0 spiro atoms. The first-order valence-electron chi connectivity index (χ1n) is 4.95. The van der Waals surface area contributed by atoms with E-state index in [0.29, 0.717) is 19.6 Å². The van der Waals surface area contributed by atoms with Crippen LogP contribution in [0, 0.1) is 5.92 Å². The van der Waals surface area contributed by atoms with Crippen LogP contribution >= 0.6 is 15.9 Å². The molecule has 0 saturated carbocycles. The van der Waals surface area contributed by atoms with Crippen LogP contribution in [0.1, 0.15) is 6.42 Å². The van der Waals surface area contributed by atoms with Crippen molar-refractivity contribution in [3.8, 4) is 5.75 Å². The van der Waals surface area contributed by atoms with Crippen molar-refractivity contribution in [2.24, 2.45) is 11.7 Å². The van der Waals surface area contributed by atoms with Crippen molar-refractivity contribution in [2.45, 2.75) is 6.42 Å². The van der Waals surface area contributed by atoms with E-state index in [9.17, 15) is 0 Å². The van der Waals surface area contributed by atoms with E-state index in [1.54, 1.807) is 0 Å². The van der Waals surface area contributed by atoms with Crippen molar-refractivity contribution in [1.82, 2.24) is 0 Å². The van der Waals surface area contributed by atoms with Crippen molar-refractivity contribution >= 4 is 15.9 Å². The zero-order valence-corrected chi connectivity index (χ0v) is 10.1. The summed E-state index contributed by atoms with van der Waals surface area (Å²) in [5, 5.41) is 8.79. The summed E-state index contributed by atoms with van der Waals surface area (Å²) in [5.41, 5.74) is 5.55. The minimum Gasteiger partial charge on any atom is -0.493 e. The summed E-state index contributed by atoms with van der Waals surface area (Å²) >= 11 is 3.37. The van der Waals surface area contributed by atoms with Gasteiger partial charge in [-0.2, -0.15) is 0 Å². The number of hydrogen-bond acceptors (Lipinski definition) is 3. The van der Waals surface area contributed by atoms with E-state index in [1.807, 2.05) is 24.3 Å². The van der Waals surface area contributed by atoms with Gasteiger partial charge in [-0.25, -0.2) is 0 Å². The van der Waals surface area contributed by atoms with Crippen LogP contribution in [0.2, 0.25) is 0 Å². The number of halogens is 1. The molecule has 0 fully saturated rings. The largest absolute Gasteiger partial charge is 0.493 e. The Morgan fingerprint density at radius 2 is 2.27 bits per heavy atom. The van der Waals surface area contributed by atoms with E-state index in [4.69, 9.17) is 15.6 Å². The van der Waals surface area contributed by atoms with E-state index in [2.05, 4.69) is 15.9 Å². The summed E-state index contributed by atoms with van der Waals surface area (Å²) in [4.78, 5) is 0. The highest BCUT2D eigenvalue weighted by Gasteiger charge is 2.06. The molecule has 0 heterocycles. The molecule has 4 heteroatoms. The predicted octanol–water partition coefficient (Wildman–Crippen LogP) is 1.79. The molecule has 0 radical (unpaired) electrons. The van der Waals surface area contributed by atoms with Gasteiger partial charge in [0.2, 0.25) is 0 Å². The van der Waals surface area contributed by atoms with E-state index in [-0.39, 0.29) is 12.5 Å². The summed E-state index contributed by atoms with van der Waals surface area (Å²) in [6, 6.07) is 7.67. The Morgan fingerprint density at radius 1 is 1.47 bits per heavy atom. The third kappa shape index (κ3) is 4.64. The van der Waals surface area contributed by atoms with Gasteiger partial charge < -0.3 is 15.6 Å². The number of hydrogen-bond donors (Lipinski definition) is 2. The maximum atomic E-state index is 8.79. The third-order valence-corrected chi connectivity index (χ3v) is 2.65. The second-order valence-corrected chi connectivity index (χ2v) is 4.30. The average molecular weight is 274 g/mol. The second kappa shape index (κ2) is 6.82. The fourth-order valence-electron chi connectivity index (χ4n) is 1.22. The van der Waals surface area contributed by atoms with E-state index in [0.717, 1.165) is 10.2 Å². The molecular formula is C11H16BrNO2. The average Bonchev–Trinajstić information content (AvgIpc) is 2.24. The summed E-state index contributed by atoms with van der Waals surface area (Å²) in [5.74, 6) is 1.04. The Balaban J connectivity index is 2.41. The Kier molecular flexibility index (Phi) is 5.68. The van der Waals surface area contributed by atoms with Crippen LogP contribution < -0.4 is 10.5 Å². The van der Waals surface area contributed by atoms with Crippen LogP contribution in [0.3, 0.4) is 0 Å². The smallest absolute Gasteiger partial charge is 0.120 e. The molecule has 15 heavy (non-hydrogen) atoms. The van der Waals surface area contributed by atoms with Crippen LogP contribution in [-0.2, 0) is 0 Å². The highest BCUT2D eigenvalue weighted by molar-refractivity contribution is 9.10. The summed E-state index contributed by atoms with van der Waals surface area (Å²) < 4.78 is 6.56. The lowest BCUT2D eigenvalue weighted by Gasteiger charge is -2.14. The van der Waals surface area contributed by atoms with E-state index in [1.165, 1.54) is 0 Å². The highest BCUT2D eigenvalue weighted by Crippen LogP contribution is 2.18. The first-order valence-corrected chi connectivity index (χ1v) is 5.75. The molecule has 0 saturated heterocycles. The summed E-state index contributed by atoms with van der Waals surface area (Å²) in [6.07, 6.45) is 0.685. The molecule has 1 rings (SSSR count). The number of rotatable bonds is 6. The molecule has 0 amide bonds. The Hall–Kier alpha value is -0.580. The summed E-state index contributed by atoms with van der Waals surface area (Å²) in [6.45, 7) is 1.24. The van der Waals surface area contributed by atoms with Crippen molar-refractivity contribution in [3.05, 3.63) is 28.7 Å². The highest BCUT2D eigenvalue weighted by atomic mass is 79.9. The van der Waals surface area contributed by atoms with Gasteiger partial charge in [0.25, 0.3) is 0 Å². The molecule has 1 unspecified atom stereocenters. The quantitative estimate of drug-likeness (QED) is 0.831. The standard InChI is InChI=1S/C11H16BrNO2/c12-10-2-1-3-11(6-10)15-8-9(7-13)4-5-14/h1-3,6,9,14H,4-5,7-8,13H2. The maximum Gasteiger partial charge on any atom is 0.120 e. The van der Waals surface area contributed by atoms with Gasteiger partial charge in [-0.3, -0.25) is 0 Å². The van der Waals surface area contributed by atoms with Crippen molar-refractivity contribution in [3.63, 3.8) is 0 Å². The van der Waals surface area contributed by atoms with Gasteiger partial charge in [0.15, 0.2) is 0 Å². The molecular weight excluding hydrogens is 258 g/mol. The minimum absolute atomic E-state index is 0.156. The molecule has 0 aliphatic heterocycles. The molecule has 0 aromatic heterocycles. The second-order valence-electron chi connectivity index (χ2n) is 3.38. The van der Waals surface area contributed by atoms with Gasteiger partial charge in [-0.05, 0) is 31.2 Å². The zero-order valence-electron chi connectivity index (χ0n) is 8.53. The lowest BCUT2D eigenvalue weighted by atomic mass is 10.1. The first-order chi connectivity index (χ1) is 7.26. The van der Waals surface area contributed by atoms with Gasteiger partial charge in [-0.15, -0.1) is 0 Å². The van der Waals surface area contributed by atoms with Crippen molar-refractivity contribution in [2.75, 3.05) is 19.8 Å². The molecule has 3 nitrogen and oxygen atoms in total. The molecule has 1 aromatic carbocycles. The number of nitrogens with two attached hydrogens (primary N) is 1. The van der Waals surface area contributed by atoms with E-state index < -0.39 is 0 Å². The molecule has 84 valence electrons. The van der Waals surface area contributed by atoms with Crippen LogP contribution in [0.5, 0.6) is 5.75 Å². The Morgan fingerprint density at radius 3 is 2.87 bits per heavy atom. The van der Waals surface area contributed by atoms with Gasteiger partial charge in [0, 0.05) is 17.0 Å². The fraction of sp³-hybridized carbons (Fsp3) is 0.455. The van der Waals surface area contributed by atoms with Crippen LogP contribution in [0.15, 0.2) is 28.7 Å². The number of ether oxygens (including phenoxy) is 1. The Labute approximate surface area is 98.4 Å². The maximum absolute atomic E-state index is 8.79. The zero-order chi connectivity index (χ0) is 11.1. The number of benzene rings is 1. The topological polar surface area (TPSA) is 55.5 Å². The van der Waals surface area contributed by atoms with Crippen molar-refractivity contribution < 1.29 is 9.84 Å². The molecule has 0 aliphatic rings. The fourth-order valence-corrected chi connectivity index (χ4v) is 1.60. The Bertz CT molecular complexity index is 294. The molecule has 0 aliphatic carbocycles. The van der Waals surface area contributed by atoms with Crippen LogP contribution in [0.25, 0.3) is 0 Å². The lowest BCUT2D eigenvalue weighted by Crippen LogP contribution is -2.22. The van der Waals surface area contributed by atoms with Crippen LogP contribution in [0.4, 0.5) is 0 Å².